The van der Waals surface area contributed by atoms with Crippen LogP contribution in [0.5, 0.6) is 0 Å². The van der Waals surface area contributed by atoms with Crippen LogP contribution in [-0.2, 0) is 17.6 Å². The molecular weight excluding hydrogens is 174 g/mol. The van der Waals surface area contributed by atoms with Gasteiger partial charge >= 0.3 is 0 Å². The van der Waals surface area contributed by atoms with Gasteiger partial charge in [-0.25, -0.2) is 0 Å². The number of hydrogen-bond acceptors (Lipinski definition) is 1. The number of para-hydroxylation sites is 1. The predicted octanol–water partition coefficient (Wildman–Crippen LogP) is 1.91. The van der Waals surface area contributed by atoms with E-state index in [4.69, 9.17) is 0 Å². The van der Waals surface area contributed by atoms with Crippen molar-refractivity contribution in [2.24, 2.45) is 0 Å². The number of carbonyl (C=O) groups excluding carboxylic acids is 1. The average Bonchev–Trinajstić information content (AvgIpc) is 2.54. The Morgan fingerprint density at radius 2 is 1.86 bits per heavy atom. The molecule has 0 saturated heterocycles. The van der Waals surface area contributed by atoms with Gasteiger partial charge in [-0.15, -0.1) is 0 Å². The van der Waals surface area contributed by atoms with Gasteiger partial charge in [-0.3, -0.25) is 4.79 Å². The molecule has 2 heterocycles. The number of hydrogen-bond donors (Lipinski definition) is 0. The lowest BCUT2D eigenvalue weighted by Crippen LogP contribution is -2.27. The van der Waals surface area contributed by atoms with Crippen LogP contribution in [-0.4, -0.2) is 12.5 Å². The van der Waals surface area contributed by atoms with Crippen LogP contribution in [0.15, 0.2) is 18.2 Å². The molecule has 2 heteroatoms. The summed E-state index contributed by atoms with van der Waals surface area (Å²) in [6.07, 6.45) is 3.82. The van der Waals surface area contributed by atoms with Crippen molar-refractivity contribution < 1.29 is 4.79 Å². The zero-order chi connectivity index (χ0) is 9.54. The van der Waals surface area contributed by atoms with E-state index in [0.29, 0.717) is 12.3 Å². The molecule has 0 atom stereocenters. The highest BCUT2D eigenvalue weighted by molar-refractivity contribution is 5.97. The number of rotatable bonds is 0. The molecule has 0 radical (unpaired) electrons. The van der Waals surface area contributed by atoms with E-state index in [1.54, 1.807) is 0 Å². The third-order valence-electron chi connectivity index (χ3n) is 3.22. The molecule has 0 unspecified atom stereocenters. The molecular formula is C12H13NO. The van der Waals surface area contributed by atoms with E-state index >= 15 is 0 Å². The van der Waals surface area contributed by atoms with Crippen LogP contribution in [0.25, 0.3) is 0 Å². The van der Waals surface area contributed by atoms with Gasteiger partial charge in [-0.05, 0) is 30.4 Å². The van der Waals surface area contributed by atoms with Crippen LogP contribution in [0.4, 0.5) is 5.69 Å². The lowest BCUT2D eigenvalue weighted by molar-refractivity contribution is -0.118. The first kappa shape index (κ1) is 8.04. The Morgan fingerprint density at radius 3 is 2.71 bits per heavy atom. The minimum atomic E-state index is 0.314. The molecule has 1 aromatic rings. The van der Waals surface area contributed by atoms with Crippen LogP contribution in [0.2, 0.25) is 0 Å². The predicted molar refractivity (Wildman–Crippen MR) is 55.4 cm³/mol. The lowest BCUT2D eigenvalue weighted by atomic mass is 10.0. The number of carbonyl (C=O) groups is 1. The molecule has 1 aromatic carbocycles. The largest absolute Gasteiger partial charge is 0.312 e. The van der Waals surface area contributed by atoms with Crippen LogP contribution in [0.1, 0.15) is 24.0 Å². The van der Waals surface area contributed by atoms with Gasteiger partial charge in [-0.2, -0.15) is 0 Å². The van der Waals surface area contributed by atoms with Crippen molar-refractivity contribution in [1.29, 1.82) is 0 Å². The van der Waals surface area contributed by atoms with Crippen molar-refractivity contribution in [2.45, 2.75) is 25.7 Å². The van der Waals surface area contributed by atoms with Gasteiger partial charge in [0.25, 0.3) is 0 Å². The topological polar surface area (TPSA) is 20.3 Å². The van der Waals surface area contributed by atoms with Gasteiger partial charge in [0.1, 0.15) is 0 Å². The van der Waals surface area contributed by atoms with Crippen LogP contribution in [0.3, 0.4) is 0 Å². The summed E-state index contributed by atoms with van der Waals surface area (Å²) in [5.41, 5.74) is 3.96. The van der Waals surface area contributed by atoms with Crippen LogP contribution in [0, 0.1) is 0 Å². The third kappa shape index (κ3) is 0.999. The fraction of sp³-hybridized carbons (Fsp3) is 0.417. The van der Waals surface area contributed by atoms with Crippen molar-refractivity contribution in [1.82, 2.24) is 0 Å². The Bertz CT molecular complexity index is 397. The maximum atomic E-state index is 11.8. The Hall–Kier alpha value is -1.31. The van der Waals surface area contributed by atoms with Gasteiger partial charge in [0, 0.05) is 13.0 Å². The summed E-state index contributed by atoms with van der Waals surface area (Å²) in [6.45, 7) is 0.894. The zero-order valence-corrected chi connectivity index (χ0v) is 8.12. The molecule has 0 aliphatic carbocycles. The number of benzene rings is 1. The maximum absolute atomic E-state index is 11.8. The fourth-order valence-electron chi connectivity index (χ4n) is 2.55. The van der Waals surface area contributed by atoms with Gasteiger partial charge in [0.15, 0.2) is 0 Å². The van der Waals surface area contributed by atoms with Gasteiger partial charge in [0.05, 0.1) is 5.69 Å². The van der Waals surface area contributed by atoms with Crippen molar-refractivity contribution in [2.75, 3.05) is 11.4 Å². The molecule has 0 fully saturated rings. The lowest BCUT2D eigenvalue weighted by Gasteiger charge is -2.16. The van der Waals surface area contributed by atoms with E-state index in [1.807, 2.05) is 4.90 Å². The summed E-state index contributed by atoms with van der Waals surface area (Å²) >= 11 is 0. The summed E-state index contributed by atoms with van der Waals surface area (Å²) in [7, 11) is 0. The van der Waals surface area contributed by atoms with E-state index in [-0.39, 0.29) is 0 Å². The average molecular weight is 187 g/mol. The SMILES string of the molecule is O=C1CCCc2cccc3c2N1CC3. The second-order valence-corrected chi connectivity index (χ2v) is 4.07. The van der Waals surface area contributed by atoms with Gasteiger partial charge < -0.3 is 4.90 Å². The second kappa shape index (κ2) is 2.84. The summed E-state index contributed by atoms with van der Waals surface area (Å²) in [6, 6.07) is 6.43. The minimum absolute atomic E-state index is 0.314. The molecule has 2 aliphatic rings. The second-order valence-electron chi connectivity index (χ2n) is 4.07. The van der Waals surface area contributed by atoms with Crippen molar-refractivity contribution in [3.05, 3.63) is 29.3 Å². The smallest absolute Gasteiger partial charge is 0.227 e. The molecule has 0 bridgehead atoms. The summed E-state index contributed by atoms with van der Waals surface area (Å²) in [4.78, 5) is 13.8. The molecule has 72 valence electrons. The summed E-state index contributed by atoms with van der Waals surface area (Å²) < 4.78 is 0. The molecule has 2 aliphatic heterocycles. The molecule has 0 N–H and O–H groups in total. The van der Waals surface area contributed by atoms with E-state index < -0.39 is 0 Å². The van der Waals surface area contributed by atoms with E-state index in [0.717, 1.165) is 25.8 Å². The quantitative estimate of drug-likeness (QED) is 0.607. The fourth-order valence-corrected chi connectivity index (χ4v) is 2.55. The first-order chi connectivity index (χ1) is 6.86. The molecule has 1 amide bonds. The Morgan fingerprint density at radius 1 is 1.07 bits per heavy atom. The molecule has 2 nitrogen and oxygen atoms in total. The molecule has 14 heavy (non-hydrogen) atoms. The Kier molecular flexibility index (Phi) is 1.63. The number of amides is 1. The monoisotopic (exact) mass is 187 g/mol. The van der Waals surface area contributed by atoms with E-state index in [1.165, 1.54) is 16.8 Å². The molecule has 0 saturated carbocycles. The Balaban J connectivity index is 2.20. The van der Waals surface area contributed by atoms with Crippen molar-refractivity contribution in [3.8, 4) is 0 Å². The van der Waals surface area contributed by atoms with Crippen molar-refractivity contribution in [3.63, 3.8) is 0 Å². The number of nitrogens with zero attached hydrogens (tertiary/aromatic N) is 1. The summed E-state index contributed by atoms with van der Waals surface area (Å²) in [5.74, 6) is 0.314. The van der Waals surface area contributed by atoms with Crippen LogP contribution >= 0.6 is 0 Å². The Labute approximate surface area is 83.5 Å². The minimum Gasteiger partial charge on any atom is -0.312 e. The highest BCUT2D eigenvalue weighted by Gasteiger charge is 2.28. The highest BCUT2D eigenvalue weighted by atomic mass is 16.2. The zero-order valence-electron chi connectivity index (χ0n) is 8.12. The maximum Gasteiger partial charge on any atom is 0.227 e. The van der Waals surface area contributed by atoms with Gasteiger partial charge in [-0.1, -0.05) is 18.2 Å². The summed E-state index contributed by atoms with van der Waals surface area (Å²) in [5, 5.41) is 0. The standard InChI is InChI=1S/C12H13NO/c14-11-6-2-5-9-3-1-4-10-7-8-13(11)12(9)10/h1,3-4H,2,5-8H2. The first-order valence-corrected chi connectivity index (χ1v) is 5.27. The normalized spacial score (nSPS) is 19.4. The molecule has 0 spiro atoms. The van der Waals surface area contributed by atoms with Gasteiger partial charge in [0.2, 0.25) is 5.91 Å². The van der Waals surface area contributed by atoms with Crippen molar-refractivity contribution >= 4 is 11.6 Å². The van der Waals surface area contributed by atoms with Crippen LogP contribution < -0.4 is 4.90 Å². The molecule has 0 aromatic heterocycles. The van der Waals surface area contributed by atoms with E-state index in [2.05, 4.69) is 18.2 Å². The first-order valence-electron chi connectivity index (χ1n) is 5.27. The third-order valence-corrected chi connectivity index (χ3v) is 3.22. The van der Waals surface area contributed by atoms with E-state index in [9.17, 15) is 4.79 Å². The highest BCUT2D eigenvalue weighted by Crippen LogP contribution is 2.35. The number of aryl methyl sites for hydroxylation is 1. The molecule has 3 rings (SSSR count). The number of anilines is 1.